The molecule has 0 spiro atoms. The maximum absolute atomic E-state index is 4.00. The lowest BCUT2D eigenvalue weighted by Gasteiger charge is -2.23. The molecular weight excluding hydrogens is 332 g/mol. The van der Waals surface area contributed by atoms with Gasteiger partial charge < -0.3 is 0 Å². The van der Waals surface area contributed by atoms with Gasteiger partial charge in [-0.15, -0.1) is 0 Å². The molecule has 0 N–H and O–H groups in total. The molecule has 0 heterocycles. The monoisotopic (exact) mass is 350 g/mol. The molecule has 0 amide bonds. The van der Waals surface area contributed by atoms with E-state index in [0.717, 1.165) is 4.47 Å². The fourth-order valence-corrected chi connectivity index (χ4v) is 3.59. The maximum Gasteiger partial charge on any atom is 0.0175 e. The van der Waals surface area contributed by atoms with E-state index >= 15 is 0 Å². The van der Waals surface area contributed by atoms with Gasteiger partial charge in [0.05, 0.1) is 0 Å². The van der Waals surface area contributed by atoms with Crippen LogP contribution in [-0.4, -0.2) is 0 Å². The van der Waals surface area contributed by atoms with E-state index in [-0.39, 0.29) is 5.41 Å². The minimum Gasteiger partial charge on any atom is -0.0987 e. The zero-order chi connectivity index (χ0) is 15.9. The van der Waals surface area contributed by atoms with Crippen molar-refractivity contribution in [3.8, 4) is 11.1 Å². The van der Waals surface area contributed by atoms with Gasteiger partial charge in [-0.25, -0.2) is 0 Å². The molecule has 2 aromatic carbocycles. The zero-order valence-electron chi connectivity index (χ0n) is 13.0. The number of allylic oxidation sites excluding steroid dienone is 4. The Hall–Kier alpha value is -1.86. The fourth-order valence-electron chi connectivity index (χ4n) is 3.33. The third-order valence-corrected chi connectivity index (χ3v) is 5.06. The molecule has 1 heteroatoms. The fraction of sp³-hybridized carbons (Fsp3) is 0.143. The van der Waals surface area contributed by atoms with Gasteiger partial charge in [-0.3, -0.25) is 0 Å². The van der Waals surface area contributed by atoms with Gasteiger partial charge in [0.1, 0.15) is 0 Å². The normalized spacial score (nSPS) is 15.6. The Bertz CT molecular complexity index is 789. The Kier molecular flexibility index (Phi) is 3.70. The number of hydrogen-bond acceptors (Lipinski definition) is 0. The molecule has 0 radical (unpaired) electrons. The highest BCUT2D eigenvalue weighted by Crippen LogP contribution is 2.48. The second-order valence-corrected chi connectivity index (χ2v) is 7.04. The molecule has 0 saturated heterocycles. The molecule has 0 bridgehead atoms. The van der Waals surface area contributed by atoms with E-state index in [9.17, 15) is 0 Å². The smallest absolute Gasteiger partial charge is 0.0175 e. The lowest BCUT2D eigenvalue weighted by atomic mass is 9.80. The van der Waals surface area contributed by atoms with Crippen LogP contribution in [0.2, 0.25) is 0 Å². The Morgan fingerprint density at radius 1 is 0.909 bits per heavy atom. The summed E-state index contributed by atoms with van der Waals surface area (Å²) in [7, 11) is 0. The van der Waals surface area contributed by atoms with E-state index in [4.69, 9.17) is 0 Å². The highest BCUT2D eigenvalue weighted by Gasteiger charge is 2.35. The third kappa shape index (κ3) is 2.21. The van der Waals surface area contributed by atoms with Crippen LogP contribution in [0.1, 0.15) is 25.0 Å². The second kappa shape index (κ2) is 5.40. The van der Waals surface area contributed by atoms with Crippen LogP contribution < -0.4 is 0 Å². The van der Waals surface area contributed by atoms with E-state index in [1.54, 1.807) is 0 Å². The molecule has 1 aliphatic carbocycles. The Balaban J connectivity index is 2.17. The number of hydrogen-bond donors (Lipinski definition) is 0. The van der Waals surface area contributed by atoms with Crippen LogP contribution in [0.25, 0.3) is 16.7 Å². The van der Waals surface area contributed by atoms with Gasteiger partial charge in [-0.2, -0.15) is 0 Å². The quantitative estimate of drug-likeness (QED) is 0.589. The van der Waals surface area contributed by atoms with Gasteiger partial charge in [0, 0.05) is 9.89 Å². The second-order valence-electron chi connectivity index (χ2n) is 6.13. The zero-order valence-corrected chi connectivity index (χ0v) is 14.6. The largest absolute Gasteiger partial charge is 0.0987 e. The van der Waals surface area contributed by atoms with E-state index in [1.807, 2.05) is 12.2 Å². The number of rotatable bonds is 3. The molecule has 0 nitrogen and oxygen atoms in total. The molecule has 0 aliphatic heterocycles. The first-order valence-corrected chi connectivity index (χ1v) is 8.19. The summed E-state index contributed by atoms with van der Waals surface area (Å²) < 4.78 is 1.10. The molecule has 2 aromatic rings. The van der Waals surface area contributed by atoms with Crippen molar-refractivity contribution in [3.63, 3.8) is 0 Å². The van der Waals surface area contributed by atoms with Gasteiger partial charge >= 0.3 is 0 Å². The van der Waals surface area contributed by atoms with Gasteiger partial charge in [0.25, 0.3) is 0 Å². The number of halogens is 1. The first-order chi connectivity index (χ1) is 10.5. The molecule has 0 unspecified atom stereocenters. The van der Waals surface area contributed by atoms with Crippen molar-refractivity contribution >= 4 is 21.5 Å². The van der Waals surface area contributed by atoms with E-state index in [1.165, 1.54) is 33.4 Å². The van der Waals surface area contributed by atoms with Gasteiger partial charge in [0.15, 0.2) is 0 Å². The SMILES string of the molecule is C=CC1=C(C=C)C(C)(C)c2cc(-c3ccc(Br)cc3)ccc21. The molecule has 0 aromatic heterocycles. The van der Waals surface area contributed by atoms with Crippen molar-refractivity contribution < 1.29 is 0 Å². The van der Waals surface area contributed by atoms with Gasteiger partial charge in [-0.05, 0) is 51.6 Å². The summed E-state index contributed by atoms with van der Waals surface area (Å²) in [6, 6.07) is 15.1. The van der Waals surface area contributed by atoms with Crippen molar-refractivity contribution in [1.29, 1.82) is 0 Å². The first kappa shape index (κ1) is 15.1. The predicted octanol–water partition coefficient (Wildman–Crippen LogP) is 6.53. The van der Waals surface area contributed by atoms with Crippen molar-refractivity contribution in [2.75, 3.05) is 0 Å². The van der Waals surface area contributed by atoms with E-state index in [2.05, 4.69) is 85.4 Å². The molecule has 0 atom stereocenters. The highest BCUT2D eigenvalue weighted by molar-refractivity contribution is 9.10. The molecule has 110 valence electrons. The average Bonchev–Trinajstić information content (AvgIpc) is 2.74. The van der Waals surface area contributed by atoms with E-state index in [0.29, 0.717) is 0 Å². The molecular formula is C21H19Br. The average molecular weight is 351 g/mol. The Morgan fingerprint density at radius 2 is 1.55 bits per heavy atom. The lowest BCUT2D eigenvalue weighted by molar-refractivity contribution is 0.655. The van der Waals surface area contributed by atoms with Crippen LogP contribution in [0.4, 0.5) is 0 Å². The van der Waals surface area contributed by atoms with Crippen LogP contribution in [0.3, 0.4) is 0 Å². The summed E-state index contributed by atoms with van der Waals surface area (Å²) in [5.41, 5.74) is 7.52. The highest BCUT2D eigenvalue weighted by atomic mass is 79.9. The Labute approximate surface area is 141 Å². The summed E-state index contributed by atoms with van der Waals surface area (Å²) >= 11 is 3.49. The molecule has 0 saturated carbocycles. The van der Waals surface area contributed by atoms with Crippen LogP contribution in [-0.2, 0) is 5.41 Å². The number of benzene rings is 2. The molecule has 1 aliphatic rings. The van der Waals surface area contributed by atoms with Crippen molar-refractivity contribution in [2.24, 2.45) is 0 Å². The van der Waals surface area contributed by atoms with Crippen molar-refractivity contribution in [1.82, 2.24) is 0 Å². The van der Waals surface area contributed by atoms with Gasteiger partial charge in [0.2, 0.25) is 0 Å². The van der Waals surface area contributed by atoms with Crippen LogP contribution in [0.5, 0.6) is 0 Å². The number of fused-ring (bicyclic) bond motifs is 1. The molecule has 22 heavy (non-hydrogen) atoms. The minimum absolute atomic E-state index is 0.0357. The summed E-state index contributed by atoms with van der Waals surface area (Å²) in [5, 5.41) is 0. The van der Waals surface area contributed by atoms with Crippen LogP contribution in [0, 0.1) is 0 Å². The minimum atomic E-state index is -0.0357. The third-order valence-electron chi connectivity index (χ3n) is 4.53. The topological polar surface area (TPSA) is 0 Å². The summed E-state index contributed by atoms with van der Waals surface area (Å²) in [6.45, 7) is 12.5. The van der Waals surface area contributed by atoms with Gasteiger partial charge in [-0.1, -0.05) is 79.4 Å². The van der Waals surface area contributed by atoms with Crippen molar-refractivity contribution in [3.05, 3.63) is 88.9 Å². The lowest BCUT2D eigenvalue weighted by Crippen LogP contribution is -2.16. The van der Waals surface area contributed by atoms with Crippen molar-refractivity contribution in [2.45, 2.75) is 19.3 Å². The van der Waals surface area contributed by atoms with Crippen LogP contribution in [0.15, 0.2) is 77.8 Å². The summed E-state index contributed by atoms with van der Waals surface area (Å²) in [6.07, 6.45) is 3.92. The maximum atomic E-state index is 4.00. The standard InChI is InChI=1S/C21H19Br/c1-5-17-18-12-9-15(14-7-10-16(22)11-8-14)13-20(18)21(3,4)19(17)6-2/h5-13H,1-2H2,3-4H3. The summed E-state index contributed by atoms with van der Waals surface area (Å²) in [4.78, 5) is 0. The van der Waals surface area contributed by atoms with Crippen LogP contribution >= 0.6 is 15.9 Å². The molecule has 3 rings (SSSR count). The van der Waals surface area contributed by atoms with E-state index < -0.39 is 0 Å². The first-order valence-electron chi connectivity index (χ1n) is 7.39. The summed E-state index contributed by atoms with van der Waals surface area (Å²) in [5.74, 6) is 0. The Morgan fingerprint density at radius 3 is 2.14 bits per heavy atom. The molecule has 0 fully saturated rings. The predicted molar refractivity (Wildman–Crippen MR) is 99.9 cm³/mol.